The second-order valence-electron chi connectivity index (χ2n) is 5.12. The Labute approximate surface area is 104 Å². The van der Waals surface area contributed by atoms with Gasteiger partial charge >= 0.3 is 0 Å². The minimum absolute atomic E-state index is 0.919. The van der Waals surface area contributed by atoms with Crippen molar-refractivity contribution in [3.8, 4) is 0 Å². The van der Waals surface area contributed by atoms with Crippen molar-refractivity contribution in [1.82, 2.24) is 0 Å². The van der Waals surface area contributed by atoms with E-state index in [1.165, 1.54) is 64.2 Å². The van der Waals surface area contributed by atoms with Crippen LogP contribution in [0.15, 0.2) is 12.2 Å². The quantitative estimate of drug-likeness (QED) is 0.293. The highest BCUT2D eigenvalue weighted by Gasteiger charge is 1.95. The van der Waals surface area contributed by atoms with Gasteiger partial charge in [-0.2, -0.15) is 0 Å². The van der Waals surface area contributed by atoms with Crippen LogP contribution >= 0.6 is 0 Å². The average molecular weight is 224 g/mol. The fourth-order valence-corrected chi connectivity index (χ4v) is 1.89. The summed E-state index contributed by atoms with van der Waals surface area (Å²) in [4.78, 5) is 0. The highest BCUT2D eigenvalue weighted by Crippen LogP contribution is 2.11. The largest absolute Gasteiger partial charge is 0.0885 e. The SMILES string of the molecule is CCCCCCC/C=C/CCCC(C)CC. The van der Waals surface area contributed by atoms with Crippen LogP contribution < -0.4 is 0 Å². The van der Waals surface area contributed by atoms with Gasteiger partial charge < -0.3 is 0 Å². The van der Waals surface area contributed by atoms with Crippen molar-refractivity contribution in [3.05, 3.63) is 12.2 Å². The van der Waals surface area contributed by atoms with Gasteiger partial charge in [0.25, 0.3) is 0 Å². The fourth-order valence-electron chi connectivity index (χ4n) is 1.89. The van der Waals surface area contributed by atoms with Gasteiger partial charge in [0.1, 0.15) is 0 Å². The van der Waals surface area contributed by atoms with E-state index in [-0.39, 0.29) is 0 Å². The van der Waals surface area contributed by atoms with E-state index < -0.39 is 0 Å². The molecular formula is C16H32. The summed E-state index contributed by atoms with van der Waals surface area (Å²) < 4.78 is 0. The first-order chi connectivity index (χ1) is 7.81. The average Bonchev–Trinajstić information content (AvgIpc) is 2.31. The lowest BCUT2D eigenvalue weighted by atomic mass is 10.0. The van der Waals surface area contributed by atoms with E-state index in [0.717, 1.165) is 5.92 Å². The molecule has 0 saturated carbocycles. The first kappa shape index (κ1) is 15.7. The molecule has 0 amide bonds. The summed E-state index contributed by atoms with van der Waals surface area (Å²) in [5.74, 6) is 0.919. The van der Waals surface area contributed by atoms with E-state index in [9.17, 15) is 0 Å². The van der Waals surface area contributed by atoms with Gasteiger partial charge in [0, 0.05) is 0 Å². The number of hydrogen-bond acceptors (Lipinski definition) is 0. The summed E-state index contributed by atoms with van der Waals surface area (Å²) in [5, 5.41) is 0. The molecule has 0 bridgehead atoms. The molecule has 0 aliphatic rings. The second kappa shape index (κ2) is 12.8. The summed E-state index contributed by atoms with van der Waals surface area (Å²) in [5.41, 5.74) is 0. The molecule has 0 aromatic heterocycles. The molecule has 16 heavy (non-hydrogen) atoms. The number of allylic oxidation sites excluding steroid dienone is 2. The predicted octanol–water partition coefficient (Wildman–Crippen LogP) is 6.12. The van der Waals surface area contributed by atoms with Crippen molar-refractivity contribution in [2.45, 2.75) is 85.0 Å². The molecule has 1 atom stereocenters. The molecule has 0 fully saturated rings. The van der Waals surface area contributed by atoms with Gasteiger partial charge in [0.05, 0.1) is 0 Å². The predicted molar refractivity (Wildman–Crippen MR) is 75.8 cm³/mol. The van der Waals surface area contributed by atoms with Crippen LogP contribution in [-0.4, -0.2) is 0 Å². The lowest BCUT2D eigenvalue weighted by molar-refractivity contribution is 0.498. The summed E-state index contributed by atoms with van der Waals surface area (Å²) in [7, 11) is 0. The summed E-state index contributed by atoms with van der Waals surface area (Å²) >= 11 is 0. The van der Waals surface area contributed by atoms with Crippen LogP contribution in [0.4, 0.5) is 0 Å². The van der Waals surface area contributed by atoms with Gasteiger partial charge in [0.2, 0.25) is 0 Å². The van der Waals surface area contributed by atoms with E-state index in [1.54, 1.807) is 0 Å². The zero-order chi connectivity index (χ0) is 12.1. The van der Waals surface area contributed by atoms with Crippen molar-refractivity contribution in [2.24, 2.45) is 5.92 Å². The van der Waals surface area contributed by atoms with Crippen LogP contribution in [0.25, 0.3) is 0 Å². The Bertz CT molecular complexity index is 146. The minimum Gasteiger partial charge on any atom is -0.0885 e. The molecule has 0 aliphatic carbocycles. The molecule has 0 radical (unpaired) electrons. The zero-order valence-corrected chi connectivity index (χ0v) is 11.8. The molecule has 0 aromatic carbocycles. The smallest absolute Gasteiger partial charge is 0.0351 e. The van der Waals surface area contributed by atoms with Crippen molar-refractivity contribution >= 4 is 0 Å². The molecule has 1 unspecified atom stereocenters. The number of rotatable bonds is 11. The third-order valence-corrected chi connectivity index (χ3v) is 3.41. The molecule has 0 saturated heterocycles. The molecule has 0 spiro atoms. The van der Waals surface area contributed by atoms with Crippen molar-refractivity contribution in [3.63, 3.8) is 0 Å². The Balaban J connectivity index is 3.10. The zero-order valence-electron chi connectivity index (χ0n) is 11.8. The lowest BCUT2D eigenvalue weighted by Crippen LogP contribution is -1.90. The Morgan fingerprint density at radius 3 is 2.06 bits per heavy atom. The standard InChI is InChI=1S/C16H32/c1-4-6-7-8-9-10-11-12-13-14-15-16(3)5-2/h11-12,16H,4-10,13-15H2,1-3H3/b12-11+. The van der Waals surface area contributed by atoms with Crippen LogP contribution in [0.3, 0.4) is 0 Å². The first-order valence-electron chi connectivity index (χ1n) is 7.46. The van der Waals surface area contributed by atoms with Crippen LogP contribution in [0, 0.1) is 5.92 Å². The molecule has 96 valence electrons. The monoisotopic (exact) mass is 224 g/mol. The maximum absolute atomic E-state index is 2.39. The third-order valence-electron chi connectivity index (χ3n) is 3.41. The minimum atomic E-state index is 0.919. The topological polar surface area (TPSA) is 0 Å². The maximum Gasteiger partial charge on any atom is -0.0351 e. The fraction of sp³-hybridized carbons (Fsp3) is 0.875. The summed E-state index contributed by atoms with van der Waals surface area (Å²) in [6.07, 6.45) is 18.5. The highest BCUT2D eigenvalue weighted by molar-refractivity contribution is 4.81. The molecule has 0 aliphatic heterocycles. The van der Waals surface area contributed by atoms with Gasteiger partial charge in [-0.05, 0) is 31.6 Å². The highest BCUT2D eigenvalue weighted by atomic mass is 14.0. The second-order valence-corrected chi connectivity index (χ2v) is 5.12. The molecule has 0 nitrogen and oxygen atoms in total. The van der Waals surface area contributed by atoms with Crippen LogP contribution in [0.2, 0.25) is 0 Å². The Hall–Kier alpha value is -0.260. The Morgan fingerprint density at radius 2 is 1.44 bits per heavy atom. The molecule has 0 N–H and O–H groups in total. The van der Waals surface area contributed by atoms with Crippen LogP contribution in [0.1, 0.15) is 85.0 Å². The van der Waals surface area contributed by atoms with E-state index in [1.807, 2.05) is 0 Å². The van der Waals surface area contributed by atoms with Gasteiger partial charge in [-0.15, -0.1) is 0 Å². The number of hydrogen-bond donors (Lipinski definition) is 0. The van der Waals surface area contributed by atoms with Crippen LogP contribution in [-0.2, 0) is 0 Å². The molecule has 0 aromatic rings. The van der Waals surface area contributed by atoms with E-state index in [4.69, 9.17) is 0 Å². The Kier molecular flexibility index (Phi) is 12.6. The normalized spacial score (nSPS) is 13.4. The van der Waals surface area contributed by atoms with Crippen LogP contribution in [0.5, 0.6) is 0 Å². The molecule has 0 heteroatoms. The van der Waals surface area contributed by atoms with Gasteiger partial charge in [-0.1, -0.05) is 71.4 Å². The van der Waals surface area contributed by atoms with E-state index in [0.29, 0.717) is 0 Å². The molecule has 0 rings (SSSR count). The van der Waals surface area contributed by atoms with Gasteiger partial charge in [0.15, 0.2) is 0 Å². The lowest BCUT2D eigenvalue weighted by Gasteiger charge is -2.05. The van der Waals surface area contributed by atoms with Crippen molar-refractivity contribution in [1.29, 1.82) is 0 Å². The van der Waals surface area contributed by atoms with E-state index in [2.05, 4.69) is 32.9 Å². The summed E-state index contributed by atoms with van der Waals surface area (Å²) in [6.45, 7) is 6.92. The number of unbranched alkanes of at least 4 members (excludes halogenated alkanes) is 6. The molecular weight excluding hydrogens is 192 g/mol. The third kappa shape index (κ3) is 11.8. The maximum atomic E-state index is 2.39. The first-order valence-corrected chi connectivity index (χ1v) is 7.46. The molecule has 0 heterocycles. The van der Waals surface area contributed by atoms with Crippen molar-refractivity contribution < 1.29 is 0 Å². The summed E-state index contributed by atoms with van der Waals surface area (Å²) in [6, 6.07) is 0. The van der Waals surface area contributed by atoms with Crippen molar-refractivity contribution in [2.75, 3.05) is 0 Å². The Morgan fingerprint density at radius 1 is 0.812 bits per heavy atom. The van der Waals surface area contributed by atoms with E-state index >= 15 is 0 Å². The van der Waals surface area contributed by atoms with Gasteiger partial charge in [-0.3, -0.25) is 0 Å². The van der Waals surface area contributed by atoms with Gasteiger partial charge in [-0.25, -0.2) is 0 Å².